The molecule has 2 heteroatoms. The number of ether oxygens (including phenoxy) is 2. The molecule has 0 unspecified atom stereocenters. The molecule has 172 valence electrons. The molecule has 4 fully saturated rings. The second-order valence-electron chi connectivity index (χ2n) is 10.6. The maximum Gasteiger partial charge on any atom is 0.147 e. The van der Waals surface area contributed by atoms with Gasteiger partial charge in [-0.15, -0.1) is 0 Å². The lowest BCUT2D eigenvalue weighted by Crippen LogP contribution is -2.25. The Balaban J connectivity index is 1.08. The van der Waals surface area contributed by atoms with Gasteiger partial charge in [-0.25, -0.2) is 0 Å². The molecular formula is C29H44O2. The molecule has 0 radical (unpaired) electrons. The minimum atomic E-state index is 0.389. The van der Waals surface area contributed by atoms with E-state index >= 15 is 0 Å². The van der Waals surface area contributed by atoms with E-state index in [9.17, 15) is 0 Å². The zero-order chi connectivity index (χ0) is 21.1. The van der Waals surface area contributed by atoms with E-state index in [0.717, 1.165) is 12.8 Å². The van der Waals surface area contributed by atoms with Crippen LogP contribution < -0.4 is 0 Å². The van der Waals surface area contributed by atoms with E-state index in [-0.39, 0.29) is 0 Å². The molecule has 0 heterocycles. The van der Waals surface area contributed by atoms with Crippen molar-refractivity contribution in [2.75, 3.05) is 6.79 Å². The quantitative estimate of drug-likeness (QED) is 0.349. The number of rotatable bonds is 4. The predicted molar refractivity (Wildman–Crippen MR) is 127 cm³/mol. The van der Waals surface area contributed by atoms with Gasteiger partial charge in [-0.1, -0.05) is 62.2 Å². The van der Waals surface area contributed by atoms with E-state index in [4.69, 9.17) is 9.47 Å². The summed E-state index contributed by atoms with van der Waals surface area (Å²) in [4.78, 5) is 0. The smallest absolute Gasteiger partial charge is 0.147 e. The van der Waals surface area contributed by atoms with Crippen molar-refractivity contribution in [1.82, 2.24) is 0 Å². The highest BCUT2D eigenvalue weighted by Crippen LogP contribution is 2.30. The lowest BCUT2D eigenvalue weighted by atomic mass is 9.81. The highest BCUT2D eigenvalue weighted by molar-refractivity contribution is 5.12. The molecule has 4 aliphatic rings. The monoisotopic (exact) mass is 424 g/mol. The molecule has 0 aromatic heterocycles. The van der Waals surface area contributed by atoms with Crippen LogP contribution in [0.25, 0.3) is 0 Å². The SMILES string of the molecule is C(#CC1CCC(C#CC2CCC(OCOC3CCCCC3)CC2)CC1)C1CCCCC1. The fourth-order valence-electron chi connectivity index (χ4n) is 5.94. The van der Waals surface area contributed by atoms with Gasteiger partial charge >= 0.3 is 0 Å². The molecule has 31 heavy (non-hydrogen) atoms. The van der Waals surface area contributed by atoms with Crippen LogP contribution in [0.1, 0.15) is 116 Å². The fraction of sp³-hybridized carbons (Fsp3) is 0.862. The molecule has 4 saturated carbocycles. The molecule has 0 aliphatic heterocycles. The summed E-state index contributed by atoms with van der Waals surface area (Å²) in [7, 11) is 0. The second kappa shape index (κ2) is 12.9. The molecular weight excluding hydrogens is 380 g/mol. The molecule has 2 nitrogen and oxygen atoms in total. The van der Waals surface area contributed by atoms with Crippen LogP contribution >= 0.6 is 0 Å². The van der Waals surface area contributed by atoms with Gasteiger partial charge < -0.3 is 9.47 Å². The highest BCUT2D eigenvalue weighted by atomic mass is 16.7. The Bertz CT molecular complexity index is 619. The molecule has 0 amide bonds. The Labute approximate surface area is 191 Å². The molecule has 0 aromatic carbocycles. The van der Waals surface area contributed by atoms with Crippen LogP contribution in [0.2, 0.25) is 0 Å². The molecule has 0 atom stereocenters. The third-order valence-electron chi connectivity index (χ3n) is 8.15. The van der Waals surface area contributed by atoms with Crippen LogP contribution in [0.4, 0.5) is 0 Å². The van der Waals surface area contributed by atoms with E-state index < -0.39 is 0 Å². The van der Waals surface area contributed by atoms with Crippen molar-refractivity contribution in [2.45, 2.75) is 128 Å². The summed E-state index contributed by atoms with van der Waals surface area (Å²) < 4.78 is 12.0. The van der Waals surface area contributed by atoms with E-state index in [1.165, 1.54) is 103 Å². The summed E-state index contributed by atoms with van der Waals surface area (Å²) in [5.41, 5.74) is 0. The Morgan fingerprint density at radius 1 is 0.387 bits per heavy atom. The van der Waals surface area contributed by atoms with E-state index in [0.29, 0.717) is 42.7 Å². The lowest BCUT2D eigenvalue weighted by Gasteiger charge is -2.28. The van der Waals surface area contributed by atoms with Gasteiger partial charge in [0.1, 0.15) is 6.79 Å². The summed E-state index contributed by atoms with van der Waals surface area (Å²) in [5, 5.41) is 0. The minimum absolute atomic E-state index is 0.389. The summed E-state index contributed by atoms with van der Waals surface area (Å²) >= 11 is 0. The van der Waals surface area contributed by atoms with Gasteiger partial charge in [-0.3, -0.25) is 0 Å². The van der Waals surface area contributed by atoms with E-state index in [1.54, 1.807) is 0 Å². The topological polar surface area (TPSA) is 18.5 Å². The summed E-state index contributed by atoms with van der Waals surface area (Å²) in [5.74, 6) is 17.1. The van der Waals surface area contributed by atoms with Gasteiger partial charge in [0.25, 0.3) is 0 Å². The van der Waals surface area contributed by atoms with Gasteiger partial charge in [0.15, 0.2) is 0 Å². The zero-order valence-electron chi connectivity index (χ0n) is 19.7. The van der Waals surface area contributed by atoms with Crippen molar-refractivity contribution in [3.63, 3.8) is 0 Å². The maximum absolute atomic E-state index is 6.02. The standard InChI is InChI=1S/C29H44O2/c1-3-7-24(8-4-1)11-12-25-13-15-26(16-14-25)17-18-27-19-21-29(22-20-27)31-23-30-28-9-5-2-6-10-28/h24-29H,1-10,13-16,19-23H2. The normalized spacial score (nSPS) is 33.0. The fourth-order valence-corrected chi connectivity index (χ4v) is 5.94. The average molecular weight is 425 g/mol. The second-order valence-corrected chi connectivity index (χ2v) is 10.6. The van der Waals surface area contributed by atoms with Crippen LogP contribution in [-0.4, -0.2) is 19.0 Å². The van der Waals surface area contributed by atoms with Crippen molar-refractivity contribution < 1.29 is 9.47 Å². The summed E-state index contributed by atoms with van der Waals surface area (Å²) in [6.45, 7) is 0.499. The first-order valence-electron chi connectivity index (χ1n) is 13.6. The first-order chi connectivity index (χ1) is 15.3. The van der Waals surface area contributed by atoms with E-state index in [2.05, 4.69) is 23.7 Å². The van der Waals surface area contributed by atoms with Crippen molar-refractivity contribution in [3.05, 3.63) is 0 Å². The highest BCUT2D eigenvalue weighted by Gasteiger charge is 2.23. The third kappa shape index (κ3) is 8.15. The van der Waals surface area contributed by atoms with Gasteiger partial charge in [0, 0.05) is 23.7 Å². The molecule has 0 bridgehead atoms. The third-order valence-corrected chi connectivity index (χ3v) is 8.15. The molecule has 4 aliphatic carbocycles. The summed E-state index contributed by atoms with van der Waals surface area (Å²) in [6.07, 6.45) is 23.9. The van der Waals surface area contributed by atoms with Crippen LogP contribution in [0.15, 0.2) is 0 Å². The van der Waals surface area contributed by atoms with Crippen molar-refractivity contribution in [2.24, 2.45) is 23.7 Å². The Hall–Kier alpha value is -0.960. The molecule has 0 spiro atoms. The first-order valence-corrected chi connectivity index (χ1v) is 13.6. The van der Waals surface area contributed by atoms with Crippen LogP contribution in [0.5, 0.6) is 0 Å². The van der Waals surface area contributed by atoms with Gasteiger partial charge in [0.2, 0.25) is 0 Å². The number of hydrogen-bond donors (Lipinski definition) is 0. The van der Waals surface area contributed by atoms with Gasteiger partial charge in [-0.2, -0.15) is 0 Å². The van der Waals surface area contributed by atoms with Crippen LogP contribution in [0.3, 0.4) is 0 Å². The molecule has 0 aromatic rings. The van der Waals surface area contributed by atoms with Crippen molar-refractivity contribution in [3.8, 4) is 23.7 Å². The first kappa shape index (κ1) is 23.2. The van der Waals surface area contributed by atoms with E-state index in [1.807, 2.05) is 0 Å². The van der Waals surface area contributed by atoms with Crippen molar-refractivity contribution >= 4 is 0 Å². The summed E-state index contributed by atoms with van der Waals surface area (Å²) in [6, 6.07) is 0. The Morgan fingerprint density at radius 2 is 0.742 bits per heavy atom. The lowest BCUT2D eigenvalue weighted by molar-refractivity contribution is -0.132. The van der Waals surface area contributed by atoms with Crippen molar-refractivity contribution in [1.29, 1.82) is 0 Å². The molecule has 0 N–H and O–H groups in total. The van der Waals surface area contributed by atoms with Crippen LogP contribution in [0, 0.1) is 47.4 Å². The average Bonchev–Trinajstić information content (AvgIpc) is 2.84. The van der Waals surface area contributed by atoms with Crippen LogP contribution in [-0.2, 0) is 9.47 Å². The Morgan fingerprint density at radius 3 is 1.23 bits per heavy atom. The largest absolute Gasteiger partial charge is 0.352 e. The molecule has 0 saturated heterocycles. The van der Waals surface area contributed by atoms with Gasteiger partial charge in [0.05, 0.1) is 12.2 Å². The maximum atomic E-state index is 6.02. The minimum Gasteiger partial charge on any atom is -0.352 e. The van der Waals surface area contributed by atoms with Gasteiger partial charge in [-0.05, 0) is 77.0 Å². The zero-order valence-corrected chi connectivity index (χ0v) is 19.7. The Kier molecular flexibility index (Phi) is 9.67. The molecule has 4 rings (SSSR count). The number of hydrogen-bond acceptors (Lipinski definition) is 2. The predicted octanol–water partition coefficient (Wildman–Crippen LogP) is 7.26.